The van der Waals surface area contributed by atoms with Gasteiger partial charge in [0.15, 0.2) is 0 Å². The zero-order chi connectivity index (χ0) is 15.1. The lowest BCUT2D eigenvalue weighted by Gasteiger charge is -2.09. The van der Waals surface area contributed by atoms with Gasteiger partial charge in [0.25, 0.3) is 0 Å². The van der Waals surface area contributed by atoms with Gasteiger partial charge >= 0.3 is 0 Å². The third-order valence-electron chi connectivity index (χ3n) is 2.65. The summed E-state index contributed by atoms with van der Waals surface area (Å²) in [6.07, 6.45) is 2.92. The Bertz CT molecular complexity index is 677. The second-order valence-electron chi connectivity index (χ2n) is 4.23. The first-order chi connectivity index (χ1) is 10.1. The van der Waals surface area contributed by atoms with Crippen molar-refractivity contribution in [2.75, 3.05) is 18.1 Å². The predicted molar refractivity (Wildman–Crippen MR) is 79.0 cm³/mol. The molecule has 0 aliphatic carbocycles. The Balaban J connectivity index is 1.80. The fourth-order valence-corrected chi connectivity index (χ4v) is 2.37. The SMILES string of the molecule is Nc1ccccc1OCCS(=O)(=O)NCc1ccncn1. The minimum Gasteiger partial charge on any atom is -0.490 e. The zero-order valence-corrected chi connectivity index (χ0v) is 12.1. The van der Waals surface area contributed by atoms with Crippen molar-refractivity contribution >= 4 is 15.7 Å². The van der Waals surface area contributed by atoms with Gasteiger partial charge in [-0.05, 0) is 18.2 Å². The van der Waals surface area contributed by atoms with Gasteiger partial charge in [0, 0.05) is 6.20 Å². The minimum atomic E-state index is -3.44. The summed E-state index contributed by atoms with van der Waals surface area (Å²) in [5.41, 5.74) is 6.78. The molecule has 0 aliphatic heterocycles. The summed E-state index contributed by atoms with van der Waals surface area (Å²) < 4.78 is 31.4. The van der Waals surface area contributed by atoms with E-state index in [-0.39, 0.29) is 18.9 Å². The van der Waals surface area contributed by atoms with Gasteiger partial charge in [-0.1, -0.05) is 12.1 Å². The van der Waals surface area contributed by atoms with E-state index in [1.54, 1.807) is 36.5 Å². The van der Waals surface area contributed by atoms with Crippen LogP contribution >= 0.6 is 0 Å². The molecule has 1 heterocycles. The normalized spacial score (nSPS) is 11.2. The zero-order valence-electron chi connectivity index (χ0n) is 11.3. The average molecular weight is 308 g/mol. The second kappa shape index (κ2) is 7.00. The molecule has 1 aromatic heterocycles. The lowest BCUT2D eigenvalue weighted by Crippen LogP contribution is -2.29. The number of hydrogen-bond acceptors (Lipinski definition) is 6. The molecule has 2 rings (SSSR count). The maximum atomic E-state index is 11.8. The Morgan fingerprint density at radius 2 is 2.05 bits per heavy atom. The molecule has 0 radical (unpaired) electrons. The molecular weight excluding hydrogens is 292 g/mol. The van der Waals surface area contributed by atoms with Gasteiger partial charge in [-0.2, -0.15) is 0 Å². The minimum absolute atomic E-state index is 0.0212. The third kappa shape index (κ3) is 5.01. The van der Waals surface area contributed by atoms with Crippen LogP contribution in [0, 0.1) is 0 Å². The highest BCUT2D eigenvalue weighted by atomic mass is 32.2. The van der Waals surface area contributed by atoms with E-state index in [4.69, 9.17) is 10.5 Å². The van der Waals surface area contributed by atoms with Crippen LogP contribution in [0.1, 0.15) is 5.69 Å². The fraction of sp³-hybridized carbons (Fsp3) is 0.231. The highest BCUT2D eigenvalue weighted by Gasteiger charge is 2.11. The Morgan fingerprint density at radius 1 is 1.24 bits per heavy atom. The monoisotopic (exact) mass is 308 g/mol. The van der Waals surface area contributed by atoms with Crippen molar-refractivity contribution < 1.29 is 13.2 Å². The Morgan fingerprint density at radius 3 is 2.76 bits per heavy atom. The molecule has 1 aromatic carbocycles. The molecule has 0 fully saturated rings. The molecule has 0 saturated heterocycles. The second-order valence-corrected chi connectivity index (χ2v) is 6.15. The van der Waals surface area contributed by atoms with E-state index in [1.807, 2.05) is 0 Å². The van der Waals surface area contributed by atoms with Crippen molar-refractivity contribution in [1.29, 1.82) is 0 Å². The predicted octanol–water partition coefficient (Wildman–Crippen LogP) is 0.557. The first kappa shape index (κ1) is 15.2. The molecular formula is C13H16N4O3S. The van der Waals surface area contributed by atoms with Crippen LogP contribution in [0.4, 0.5) is 5.69 Å². The van der Waals surface area contributed by atoms with Crippen molar-refractivity contribution in [2.24, 2.45) is 0 Å². The number of nitrogens with one attached hydrogen (secondary N) is 1. The third-order valence-corrected chi connectivity index (χ3v) is 3.93. The summed E-state index contributed by atoms with van der Waals surface area (Å²) >= 11 is 0. The average Bonchev–Trinajstić information content (AvgIpc) is 2.48. The summed E-state index contributed by atoms with van der Waals surface area (Å²) in [6, 6.07) is 8.58. The Hall–Kier alpha value is -2.19. The van der Waals surface area contributed by atoms with E-state index < -0.39 is 10.0 Å². The van der Waals surface area contributed by atoms with E-state index in [2.05, 4.69) is 14.7 Å². The van der Waals surface area contributed by atoms with E-state index in [1.165, 1.54) is 6.33 Å². The van der Waals surface area contributed by atoms with Crippen LogP contribution in [0.15, 0.2) is 42.9 Å². The number of sulfonamides is 1. The first-order valence-electron chi connectivity index (χ1n) is 6.26. The quantitative estimate of drug-likeness (QED) is 0.724. The summed E-state index contributed by atoms with van der Waals surface area (Å²) in [6.45, 7) is 0.144. The molecule has 21 heavy (non-hydrogen) atoms. The molecule has 2 aromatic rings. The highest BCUT2D eigenvalue weighted by molar-refractivity contribution is 7.89. The Kier molecular flexibility index (Phi) is 5.07. The number of ether oxygens (including phenoxy) is 1. The van der Waals surface area contributed by atoms with Crippen molar-refractivity contribution in [1.82, 2.24) is 14.7 Å². The number of benzene rings is 1. The lowest BCUT2D eigenvalue weighted by molar-refractivity contribution is 0.342. The number of nitrogens with zero attached hydrogens (tertiary/aromatic N) is 2. The van der Waals surface area contributed by atoms with Gasteiger partial charge in [-0.25, -0.2) is 23.1 Å². The largest absolute Gasteiger partial charge is 0.490 e. The summed E-state index contributed by atoms with van der Waals surface area (Å²) in [5.74, 6) is 0.315. The van der Waals surface area contributed by atoms with Crippen LogP contribution in [-0.4, -0.2) is 30.7 Å². The number of anilines is 1. The standard InChI is InChI=1S/C13H16N4O3S/c14-12-3-1-2-4-13(12)20-7-8-21(18,19)17-9-11-5-6-15-10-16-11/h1-6,10,17H,7-9,14H2. The van der Waals surface area contributed by atoms with E-state index >= 15 is 0 Å². The molecule has 0 spiro atoms. The van der Waals surface area contributed by atoms with Gasteiger partial charge in [0.2, 0.25) is 10.0 Å². The first-order valence-corrected chi connectivity index (χ1v) is 7.91. The van der Waals surface area contributed by atoms with Crippen molar-refractivity contribution in [3.05, 3.63) is 48.5 Å². The number of para-hydroxylation sites is 2. The smallest absolute Gasteiger partial charge is 0.215 e. The van der Waals surface area contributed by atoms with Gasteiger partial charge in [-0.3, -0.25) is 0 Å². The number of nitrogen functional groups attached to an aromatic ring is 1. The van der Waals surface area contributed by atoms with Crippen LogP contribution < -0.4 is 15.2 Å². The van der Waals surface area contributed by atoms with E-state index in [0.717, 1.165) is 0 Å². The number of aromatic nitrogens is 2. The molecule has 7 nitrogen and oxygen atoms in total. The van der Waals surface area contributed by atoms with Gasteiger partial charge in [-0.15, -0.1) is 0 Å². The summed E-state index contributed by atoms with van der Waals surface area (Å²) in [4.78, 5) is 7.70. The highest BCUT2D eigenvalue weighted by Crippen LogP contribution is 2.19. The molecule has 112 valence electrons. The summed E-state index contributed by atoms with van der Waals surface area (Å²) in [5, 5.41) is 0. The Labute approximate surface area is 123 Å². The molecule has 0 saturated carbocycles. The van der Waals surface area contributed by atoms with Crippen LogP contribution in [0.25, 0.3) is 0 Å². The van der Waals surface area contributed by atoms with Gasteiger partial charge in [0.05, 0.1) is 23.7 Å². The van der Waals surface area contributed by atoms with Gasteiger partial charge < -0.3 is 10.5 Å². The van der Waals surface area contributed by atoms with Crippen LogP contribution in [0.3, 0.4) is 0 Å². The van der Waals surface area contributed by atoms with Crippen LogP contribution in [0.2, 0.25) is 0 Å². The summed E-state index contributed by atoms with van der Waals surface area (Å²) in [7, 11) is -3.44. The molecule has 0 amide bonds. The lowest BCUT2D eigenvalue weighted by atomic mass is 10.3. The topological polar surface area (TPSA) is 107 Å². The van der Waals surface area contributed by atoms with E-state index in [0.29, 0.717) is 17.1 Å². The maximum absolute atomic E-state index is 11.8. The van der Waals surface area contributed by atoms with Gasteiger partial charge in [0.1, 0.15) is 18.7 Å². The number of rotatable bonds is 7. The van der Waals surface area contributed by atoms with Crippen molar-refractivity contribution in [3.63, 3.8) is 0 Å². The molecule has 3 N–H and O–H groups in total. The maximum Gasteiger partial charge on any atom is 0.215 e. The number of hydrogen-bond donors (Lipinski definition) is 2. The van der Waals surface area contributed by atoms with E-state index in [9.17, 15) is 8.42 Å². The molecule has 0 atom stereocenters. The fourth-order valence-electron chi connectivity index (χ4n) is 1.55. The molecule has 0 unspecified atom stereocenters. The van der Waals surface area contributed by atoms with Crippen molar-refractivity contribution in [3.8, 4) is 5.75 Å². The van der Waals surface area contributed by atoms with Crippen LogP contribution in [0.5, 0.6) is 5.75 Å². The number of nitrogens with two attached hydrogens (primary N) is 1. The molecule has 0 aliphatic rings. The van der Waals surface area contributed by atoms with Crippen LogP contribution in [-0.2, 0) is 16.6 Å². The molecule has 0 bridgehead atoms. The molecule has 8 heteroatoms. The van der Waals surface area contributed by atoms with Crippen molar-refractivity contribution in [2.45, 2.75) is 6.54 Å².